The second-order valence-corrected chi connectivity index (χ2v) is 7.65. The van der Waals surface area contributed by atoms with Crippen LogP contribution in [0.1, 0.15) is 44.9 Å². The van der Waals surface area contributed by atoms with Gasteiger partial charge in [0.05, 0.1) is 18.9 Å². The molecule has 0 aliphatic carbocycles. The van der Waals surface area contributed by atoms with E-state index >= 15 is 0 Å². The van der Waals surface area contributed by atoms with E-state index in [9.17, 15) is 28.8 Å². The Morgan fingerprint density at radius 3 is 1.94 bits per heavy atom. The Morgan fingerprint density at radius 1 is 0.848 bits per heavy atom. The van der Waals surface area contributed by atoms with Crippen molar-refractivity contribution in [2.75, 3.05) is 13.1 Å². The second kappa shape index (κ2) is 14.0. The molecule has 0 aromatic heterocycles. The zero-order valence-corrected chi connectivity index (χ0v) is 18.0. The van der Waals surface area contributed by atoms with Crippen LogP contribution in [0.15, 0.2) is 0 Å². The van der Waals surface area contributed by atoms with E-state index in [1.54, 1.807) is 0 Å². The number of carbonyl (C=O) groups is 6. The summed E-state index contributed by atoms with van der Waals surface area (Å²) in [5.41, 5.74) is 5.44. The number of unbranched alkanes of at least 4 members (excludes halogenated alkanes) is 1. The fourth-order valence-electron chi connectivity index (χ4n) is 3.25. The summed E-state index contributed by atoms with van der Waals surface area (Å²) in [5, 5.41) is 36.8. The third-order valence-corrected chi connectivity index (χ3v) is 4.96. The summed E-state index contributed by atoms with van der Waals surface area (Å²) in [7, 11) is 0. The third kappa shape index (κ3) is 10.3. The lowest BCUT2D eigenvalue weighted by Gasteiger charge is -2.24. The average molecular weight is 473 g/mol. The molecule has 0 aromatic rings. The minimum atomic E-state index is -1.73. The SMILES string of the molecule is NCCCCC(NC(=O)C(CC(=O)O)NC(=O)C1CCCN1)C(=O)NC(CC(=O)O)C(=O)O. The number of nitrogens with two attached hydrogens (primary N) is 1. The highest BCUT2D eigenvalue weighted by Crippen LogP contribution is 2.08. The number of nitrogens with one attached hydrogen (secondary N) is 4. The van der Waals surface area contributed by atoms with Crippen molar-refractivity contribution in [3.63, 3.8) is 0 Å². The summed E-state index contributed by atoms with van der Waals surface area (Å²) in [6.45, 7) is 0.906. The van der Waals surface area contributed by atoms with E-state index in [1.165, 1.54) is 0 Å². The lowest BCUT2D eigenvalue weighted by Crippen LogP contribution is -2.57. The fourth-order valence-corrected chi connectivity index (χ4v) is 3.25. The number of carbonyl (C=O) groups excluding carboxylic acids is 3. The van der Waals surface area contributed by atoms with Gasteiger partial charge in [0.2, 0.25) is 17.7 Å². The molecular weight excluding hydrogens is 442 g/mol. The van der Waals surface area contributed by atoms with Crippen LogP contribution in [0.5, 0.6) is 0 Å². The van der Waals surface area contributed by atoms with Crippen LogP contribution in [0, 0.1) is 0 Å². The molecule has 14 heteroatoms. The number of rotatable bonds is 15. The molecular formula is C19H31N5O9. The summed E-state index contributed by atoms with van der Waals surface area (Å²) in [6, 6.07) is -5.06. The molecule has 1 rings (SSSR count). The highest BCUT2D eigenvalue weighted by Gasteiger charge is 2.32. The predicted molar refractivity (Wildman–Crippen MR) is 112 cm³/mol. The van der Waals surface area contributed by atoms with Gasteiger partial charge in [-0.1, -0.05) is 0 Å². The van der Waals surface area contributed by atoms with Gasteiger partial charge in [0.25, 0.3) is 0 Å². The normalized spacial score (nSPS) is 17.9. The third-order valence-electron chi connectivity index (χ3n) is 4.96. The first-order valence-corrected chi connectivity index (χ1v) is 10.6. The van der Waals surface area contributed by atoms with Crippen LogP contribution >= 0.6 is 0 Å². The van der Waals surface area contributed by atoms with Gasteiger partial charge in [-0.2, -0.15) is 0 Å². The van der Waals surface area contributed by atoms with Gasteiger partial charge < -0.3 is 42.3 Å². The maximum absolute atomic E-state index is 12.7. The summed E-state index contributed by atoms with van der Waals surface area (Å²) < 4.78 is 0. The topological polar surface area (TPSA) is 237 Å². The molecule has 1 heterocycles. The van der Waals surface area contributed by atoms with Crippen LogP contribution in [0.3, 0.4) is 0 Å². The minimum Gasteiger partial charge on any atom is -0.481 e. The van der Waals surface area contributed by atoms with Crippen molar-refractivity contribution in [3.05, 3.63) is 0 Å². The van der Waals surface area contributed by atoms with Gasteiger partial charge in [0.1, 0.15) is 18.1 Å². The molecule has 1 saturated heterocycles. The fraction of sp³-hybridized carbons (Fsp3) is 0.684. The predicted octanol–water partition coefficient (Wildman–Crippen LogP) is -2.64. The van der Waals surface area contributed by atoms with Gasteiger partial charge in [0.15, 0.2) is 0 Å². The maximum atomic E-state index is 12.7. The molecule has 1 aliphatic rings. The molecule has 1 fully saturated rings. The summed E-state index contributed by atoms with van der Waals surface area (Å²) in [6.07, 6.45) is 0.546. The van der Waals surface area contributed by atoms with Gasteiger partial charge in [-0.05, 0) is 45.2 Å². The second-order valence-electron chi connectivity index (χ2n) is 7.65. The molecule has 0 saturated carbocycles. The van der Waals surface area contributed by atoms with Crippen LogP contribution in [0.25, 0.3) is 0 Å². The molecule has 0 radical (unpaired) electrons. The monoisotopic (exact) mass is 473 g/mol. The number of carboxylic acids is 3. The number of aliphatic carboxylic acids is 3. The Hall–Kier alpha value is -3.26. The van der Waals surface area contributed by atoms with Crippen LogP contribution in [-0.4, -0.2) is 88.2 Å². The van der Waals surface area contributed by atoms with Crippen LogP contribution in [-0.2, 0) is 28.8 Å². The van der Waals surface area contributed by atoms with Crippen LogP contribution < -0.4 is 27.0 Å². The number of carboxylic acid groups (broad SMARTS) is 3. The molecule has 33 heavy (non-hydrogen) atoms. The smallest absolute Gasteiger partial charge is 0.326 e. The van der Waals surface area contributed by atoms with E-state index in [0.717, 1.165) is 6.42 Å². The van der Waals surface area contributed by atoms with Crippen molar-refractivity contribution < 1.29 is 44.1 Å². The summed E-state index contributed by atoms with van der Waals surface area (Å²) in [5.74, 6) is -6.82. The Morgan fingerprint density at radius 2 is 1.42 bits per heavy atom. The zero-order chi connectivity index (χ0) is 25.0. The maximum Gasteiger partial charge on any atom is 0.326 e. The Balaban J connectivity index is 2.93. The van der Waals surface area contributed by atoms with Crippen LogP contribution in [0.2, 0.25) is 0 Å². The lowest BCUT2D eigenvalue weighted by molar-refractivity contribution is -0.147. The summed E-state index contributed by atoms with van der Waals surface area (Å²) >= 11 is 0. The minimum absolute atomic E-state index is 0.0338. The first-order valence-electron chi connectivity index (χ1n) is 10.6. The van der Waals surface area contributed by atoms with Crippen molar-refractivity contribution >= 4 is 35.6 Å². The highest BCUT2D eigenvalue weighted by molar-refractivity contribution is 5.96. The first-order chi connectivity index (χ1) is 15.5. The molecule has 3 amide bonds. The van der Waals surface area contributed by atoms with E-state index in [1.807, 2.05) is 0 Å². The Kier molecular flexibility index (Phi) is 11.8. The van der Waals surface area contributed by atoms with Gasteiger partial charge in [0, 0.05) is 0 Å². The van der Waals surface area contributed by atoms with E-state index in [4.69, 9.17) is 21.1 Å². The molecule has 0 bridgehead atoms. The van der Waals surface area contributed by atoms with Crippen molar-refractivity contribution in [2.24, 2.45) is 5.73 Å². The number of hydrogen-bond donors (Lipinski definition) is 8. The first kappa shape index (κ1) is 27.8. The van der Waals surface area contributed by atoms with E-state index < -0.39 is 72.6 Å². The van der Waals surface area contributed by atoms with Gasteiger partial charge in [-0.25, -0.2) is 4.79 Å². The lowest BCUT2D eigenvalue weighted by atomic mass is 10.1. The largest absolute Gasteiger partial charge is 0.481 e. The molecule has 1 aliphatic heterocycles. The van der Waals surface area contributed by atoms with Crippen LogP contribution in [0.4, 0.5) is 0 Å². The number of hydrogen-bond acceptors (Lipinski definition) is 8. The molecule has 0 aromatic carbocycles. The van der Waals surface area contributed by atoms with Gasteiger partial charge >= 0.3 is 17.9 Å². The molecule has 9 N–H and O–H groups in total. The Bertz CT molecular complexity index is 739. The van der Waals surface area contributed by atoms with Crippen molar-refractivity contribution in [3.8, 4) is 0 Å². The quantitative estimate of drug-likeness (QED) is 0.114. The highest BCUT2D eigenvalue weighted by atomic mass is 16.4. The molecule has 14 nitrogen and oxygen atoms in total. The number of amides is 3. The Labute approximate surface area is 189 Å². The van der Waals surface area contributed by atoms with Gasteiger partial charge in [-0.15, -0.1) is 0 Å². The average Bonchev–Trinajstić information content (AvgIpc) is 3.26. The molecule has 186 valence electrons. The van der Waals surface area contributed by atoms with Crippen molar-refractivity contribution in [2.45, 2.75) is 69.1 Å². The zero-order valence-electron chi connectivity index (χ0n) is 18.0. The van der Waals surface area contributed by atoms with E-state index in [-0.39, 0.29) is 6.42 Å². The standard InChI is InChI=1S/C19H31N5O9/c20-6-2-1-4-11(17(30)24-13(19(32)33)9-15(27)28)22-18(31)12(8-14(25)26)23-16(29)10-5-3-7-21-10/h10-13,21H,1-9,20H2,(H,22,31)(H,23,29)(H,24,30)(H,25,26)(H,27,28)(H,32,33). The molecule has 0 spiro atoms. The van der Waals surface area contributed by atoms with E-state index in [2.05, 4.69) is 21.3 Å². The van der Waals surface area contributed by atoms with Gasteiger partial charge in [-0.3, -0.25) is 24.0 Å². The van der Waals surface area contributed by atoms with E-state index in [0.29, 0.717) is 32.4 Å². The van der Waals surface area contributed by atoms with Crippen molar-refractivity contribution in [1.82, 2.24) is 21.3 Å². The molecule has 4 atom stereocenters. The van der Waals surface area contributed by atoms with Crippen molar-refractivity contribution in [1.29, 1.82) is 0 Å². The summed E-state index contributed by atoms with van der Waals surface area (Å²) in [4.78, 5) is 71.0. The molecule has 4 unspecified atom stereocenters.